The molecular formula is C21H21N5O. The smallest absolute Gasteiger partial charge is 0.224 e. The van der Waals surface area contributed by atoms with Gasteiger partial charge < -0.3 is 5.32 Å². The molecule has 1 N–H and O–H groups in total. The molecule has 2 aliphatic carbocycles. The fourth-order valence-electron chi connectivity index (χ4n) is 3.98. The minimum atomic E-state index is 0.0515. The van der Waals surface area contributed by atoms with Crippen LogP contribution in [0.25, 0.3) is 11.4 Å². The number of nitrogens with zero attached hydrogens (tertiary/aromatic N) is 4. The first-order valence-corrected chi connectivity index (χ1v) is 9.54. The fourth-order valence-corrected chi connectivity index (χ4v) is 3.98. The second-order valence-corrected chi connectivity index (χ2v) is 7.45. The number of amides is 1. The van der Waals surface area contributed by atoms with E-state index >= 15 is 0 Å². The number of anilines is 1. The number of tetrazole rings is 1. The Morgan fingerprint density at radius 1 is 1.11 bits per heavy atom. The molecule has 1 atom stereocenters. The van der Waals surface area contributed by atoms with Crippen molar-refractivity contribution in [3.8, 4) is 11.4 Å². The number of nitrogens with one attached hydrogen (secondary N) is 1. The number of aryl methyl sites for hydroxylation is 1. The molecule has 3 aromatic rings. The van der Waals surface area contributed by atoms with Gasteiger partial charge in [-0.3, -0.25) is 4.79 Å². The Bertz CT molecular complexity index is 991. The first-order chi connectivity index (χ1) is 13.3. The molecule has 1 fully saturated rings. The van der Waals surface area contributed by atoms with Crippen molar-refractivity contribution >= 4 is 11.6 Å². The molecule has 0 spiro atoms. The van der Waals surface area contributed by atoms with Crippen LogP contribution < -0.4 is 5.32 Å². The van der Waals surface area contributed by atoms with Crippen molar-refractivity contribution < 1.29 is 4.79 Å². The molecule has 0 bridgehead atoms. The molecule has 1 amide bonds. The lowest BCUT2D eigenvalue weighted by molar-refractivity contribution is -0.116. The summed E-state index contributed by atoms with van der Waals surface area (Å²) in [6, 6.07) is 16.6. The first kappa shape index (κ1) is 16.2. The van der Waals surface area contributed by atoms with Gasteiger partial charge in [-0.05, 0) is 65.3 Å². The van der Waals surface area contributed by atoms with Crippen molar-refractivity contribution in [1.82, 2.24) is 20.2 Å². The van der Waals surface area contributed by atoms with Crippen molar-refractivity contribution in [2.45, 2.75) is 44.1 Å². The SMILES string of the molecule is O=C(CC1CCc2ccccc21)Nc1cccc(-c2nnnn2C2CC2)c1. The average molecular weight is 359 g/mol. The third kappa shape index (κ3) is 3.23. The van der Waals surface area contributed by atoms with Gasteiger partial charge in [0, 0.05) is 17.7 Å². The second kappa shape index (κ2) is 6.61. The molecule has 1 saturated carbocycles. The predicted octanol–water partition coefficient (Wildman–Crippen LogP) is 3.73. The van der Waals surface area contributed by atoms with E-state index in [0.29, 0.717) is 18.4 Å². The third-order valence-electron chi connectivity index (χ3n) is 5.48. The van der Waals surface area contributed by atoms with Gasteiger partial charge in [-0.1, -0.05) is 36.4 Å². The highest BCUT2D eigenvalue weighted by molar-refractivity contribution is 5.92. The van der Waals surface area contributed by atoms with E-state index in [2.05, 4.69) is 45.1 Å². The minimum absolute atomic E-state index is 0.0515. The van der Waals surface area contributed by atoms with E-state index in [9.17, 15) is 4.79 Å². The second-order valence-electron chi connectivity index (χ2n) is 7.45. The van der Waals surface area contributed by atoms with Gasteiger partial charge in [0.1, 0.15) is 0 Å². The van der Waals surface area contributed by atoms with E-state index in [4.69, 9.17) is 0 Å². The number of rotatable bonds is 5. The molecule has 0 radical (unpaired) electrons. The summed E-state index contributed by atoms with van der Waals surface area (Å²) in [6.07, 6.45) is 4.87. The number of benzene rings is 2. The van der Waals surface area contributed by atoms with Crippen LogP contribution in [0.15, 0.2) is 48.5 Å². The Morgan fingerprint density at radius 3 is 2.89 bits per heavy atom. The third-order valence-corrected chi connectivity index (χ3v) is 5.48. The van der Waals surface area contributed by atoms with Crippen molar-refractivity contribution in [3.05, 3.63) is 59.7 Å². The van der Waals surface area contributed by atoms with Crippen molar-refractivity contribution in [2.75, 3.05) is 5.32 Å². The van der Waals surface area contributed by atoms with E-state index in [-0.39, 0.29) is 5.91 Å². The molecule has 6 nitrogen and oxygen atoms in total. The summed E-state index contributed by atoms with van der Waals surface area (Å²) in [5.74, 6) is 1.13. The molecule has 2 aromatic carbocycles. The molecule has 1 unspecified atom stereocenters. The van der Waals surface area contributed by atoms with Crippen molar-refractivity contribution in [3.63, 3.8) is 0 Å². The molecule has 0 aliphatic heterocycles. The summed E-state index contributed by atoms with van der Waals surface area (Å²) in [7, 11) is 0. The van der Waals surface area contributed by atoms with Crippen LogP contribution in [0, 0.1) is 0 Å². The summed E-state index contributed by atoms with van der Waals surface area (Å²) in [6.45, 7) is 0. The maximum atomic E-state index is 12.6. The summed E-state index contributed by atoms with van der Waals surface area (Å²) >= 11 is 0. The van der Waals surface area contributed by atoms with E-state index in [0.717, 1.165) is 42.8 Å². The standard InChI is InChI=1S/C21H21N5O/c27-20(13-15-9-8-14-4-1-2-7-19(14)15)22-17-6-3-5-16(12-17)21-23-24-25-26(21)18-10-11-18/h1-7,12,15,18H,8-11,13H2,(H,22,27). The Morgan fingerprint density at radius 2 is 2.00 bits per heavy atom. The number of hydrogen-bond acceptors (Lipinski definition) is 4. The van der Waals surface area contributed by atoms with E-state index < -0.39 is 0 Å². The highest BCUT2D eigenvalue weighted by Crippen LogP contribution is 2.37. The Kier molecular flexibility index (Phi) is 3.96. The number of carbonyl (C=O) groups excluding carboxylic acids is 1. The van der Waals surface area contributed by atoms with E-state index in [1.165, 1.54) is 11.1 Å². The van der Waals surface area contributed by atoms with Crippen LogP contribution in [0.4, 0.5) is 5.69 Å². The largest absolute Gasteiger partial charge is 0.326 e. The summed E-state index contributed by atoms with van der Waals surface area (Å²) < 4.78 is 1.89. The summed E-state index contributed by atoms with van der Waals surface area (Å²) in [4.78, 5) is 12.6. The molecular weight excluding hydrogens is 338 g/mol. The van der Waals surface area contributed by atoms with E-state index in [1.807, 2.05) is 28.9 Å². The van der Waals surface area contributed by atoms with Gasteiger partial charge in [0.15, 0.2) is 5.82 Å². The summed E-state index contributed by atoms with van der Waals surface area (Å²) in [5, 5.41) is 15.1. The van der Waals surface area contributed by atoms with Gasteiger partial charge >= 0.3 is 0 Å². The van der Waals surface area contributed by atoms with Crippen LogP contribution in [0.1, 0.15) is 48.8 Å². The Labute approximate surface area is 157 Å². The quantitative estimate of drug-likeness (QED) is 0.753. The molecule has 1 aromatic heterocycles. The molecule has 27 heavy (non-hydrogen) atoms. The van der Waals surface area contributed by atoms with Crippen LogP contribution >= 0.6 is 0 Å². The van der Waals surface area contributed by atoms with Gasteiger partial charge in [-0.2, -0.15) is 0 Å². The zero-order valence-corrected chi connectivity index (χ0v) is 15.0. The Hall–Kier alpha value is -3.02. The molecule has 6 heteroatoms. The highest BCUT2D eigenvalue weighted by Gasteiger charge is 2.28. The number of carbonyl (C=O) groups is 1. The minimum Gasteiger partial charge on any atom is -0.326 e. The monoisotopic (exact) mass is 359 g/mol. The van der Waals surface area contributed by atoms with Crippen molar-refractivity contribution in [2.24, 2.45) is 0 Å². The van der Waals surface area contributed by atoms with Crippen LogP contribution in [0.3, 0.4) is 0 Å². The van der Waals surface area contributed by atoms with Crippen LogP contribution in [-0.4, -0.2) is 26.1 Å². The lowest BCUT2D eigenvalue weighted by Gasteiger charge is -2.12. The van der Waals surface area contributed by atoms with Crippen LogP contribution in [-0.2, 0) is 11.2 Å². The van der Waals surface area contributed by atoms with Crippen LogP contribution in [0.5, 0.6) is 0 Å². The summed E-state index contributed by atoms with van der Waals surface area (Å²) in [5.41, 5.74) is 4.42. The number of hydrogen-bond donors (Lipinski definition) is 1. The molecule has 1 heterocycles. The Balaban J connectivity index is 1.30. The normalized spacial score (nSPS) is 18.3. The van der Waals surface area contributed by atoms with E-state index in [1.54, 1.807) is 0 Å². The number of fused-ring (bicyclic) bond motifs is 1. The van der Waals surface area contributed by atoms with Gasteiger partial charge in [0.05, 0.1) is 6.04 Å². The number of aromatic nitrogens is 4. The first-order valence-electron chi connectivity index (χ1n) is 9.54. The fraction of sp³-hybridized carbons (Fsp3) is 0.333. The molecule has 2 aliphatic rings. The van der Waals surface area contributed by atoms with Gasteiger partial charge in [-0.25, -0.2) is 4.68 Å². The topological polar surface area (TPSA) is 72.7 Å². The zero-order chi connectivity index (χ0) is 18.2. The maximum absolute atomic E-state index is 12.6. The lowest BCUT2D eigenvalue weighted by Crippen LogP contribution is -2.14. The lowest BCUT2D eigenvalue weighted by atomic mass is 9.97. The van der Waals surface area contributed by atoms with Gasteiger partial charge in [0.2, 0.25) is 5.91 Å². The van der Waals surface area contributed by atoms with Gasteiger partial charge in [0.25, 0.3) is 0 Å². The van der Waals surface area contributed by atoms with Crippen LogP contribution in [0.2, 0.25) is 0 Å². The predicted molar refractivity (Wildman–Crippen MR) is 102 cm³/mol. The highest BCUT2D eigenvalue weighted by atomic mass is 16.1. The maximum Gasteiger partial charge on any atom is 0.224 e. The molecule has 136 valence electrons. The van der Waals surface area contributed by atoms with Gasteiger partial charge in [-0.15, -0.1) is 5.10 Å². The average Bonchev–Trinajstić information content (AvgIpc) is 3.27. The molecule has 0 saturated heterocycles. The molecule has 5 rings (SSSR count). The zero-order valence-electron chi connectivity index (χ0n) is 15.0. The van der Waals surface area contributed by atoms with Crippen molar-refractivity contribution in [1.29, 1.82) is 0 Å².